The molecule has 0 N–H and O–H groups in total. The third kappa shape index (κ3) is 19.3. The molecule has 14 aromatic heterocycles. The molecule has 7 aliphatic rings. The van der Waals surface area contributed by atoms with Crippen molar-refractivity contribution in [1.29, 1.82) is 0 Å². The Morgan fingerprint density at radius 3 is 0.902 bits per heavy atom. The Bertz CT molecular complexity index is 4320. The van der Waals surface area contributed by atoms with Gasteiger partial charge in [0.25, 0.3) is 0 Å². The van der Waals surface area contributed by atoms with Gasteiger partial charge < -0.3 is 67.5 Å². The first kappa shape index (κ1) is 72.7. The van der Waals surface area contributed by atoms with E-state index >= 15 is 0 Å². The highest BCUT2D eigenvalue weighted by atomic mass is 16.5. The van der Waals surface area contributed by atoms with Crippen LogP contribution in [-0.4, -0.2) is 127 Å². The van der Waals surface area contributed by atoms with Gasteiger partial charge in [0.05, 0.1) is 69.6 Å². The summed E-state index contributed by atoms with van der Waals surface area (Å²) in [6.07, 6.45) is 44.4. The normalized spacial score (nSPS) is 14.1. The lowest BCUT2D eigenvalue weighted by molar-refractivity contribution is 0.277. The van der Waals surface area contributed by atoms with Gasteiger partial charge in [-0.25, -0.2) is 24.9 Å². The fourth-order valence-electron chi connectivity index (χ4n) is 12.2. The van der Waals surface area contributed by atoms with Gasteiger partial charge in [0.2, 0.25) is 17.8 Å². The van der Waals surface area contributed by atoms with E-state index in [-0.39, 0.29) is 0 Å². The van der Waals surface area contributed by atoms with E-state index in [0.717, 1.165) is 147 Å². The molecular formula is C82H75N23O7. The van der Waals surface area contributed by atoms with E-state index in [1.165, 1.54) is 0 Å². The predicted octanol–water partition coefficient (Wildman–Crippen LogP) is 11.6. The highest BCUT2D eigenvalue weighted by molar-refractivity contribution is 5.53. The van der Waals surface area contributed by atoms with Gasteiger partial charge in [-0.3, -0.25) is 54.8 Å². The number of aromatic nitrogens is 16. The lowest BCUT2D eigenvalue weighted by Crippen LogP contribution is -2.33. The Morgan fingerprint density at radius 1 is 0.196 bits per heavy atom. The van der Waals surface area contributed by atoms with E-state index in [1.807, 2.05) is 168 Å². The van der Waals surface area contributed by atoms with Crippen molar-refractivity contribution in [2.24, 2.45) is 0 Å². The van der Waals surface area contributed by atoms with Crippen molar-refractivity contribution in [3.8, 4) is 40.4 Å². The maximum absolute atomic E-state index is 5.66. The first-order valence-corrected chi connectivity index (χ1v) is 35.7. The largest absolute Gasteiger partial charge is 0.473 e. The van der Waals surface area contributed by atoms with Gasteiger partial charge in [-0.05, 0) is 127 Å². The molecule has 21 rings (SSSR count). The molecule has 30 nitrogen and oxygen atoms in total. The molecule has 14 aromatic rings. The SMILES string of the molecule is c1cc(N2COc3ccncc3C2)ccn1.c1cnc(N2COc3cccnc3C2)nc1.c1cnc(N2COc3ccncc3C2)nc1.c1cnc2c(c1)CN(c1ccncc1)CO2.c1cnc2c(c1)OCN(c1ccncc1)C2.c1cncc(N2COc3ccncc3C2)c1.c1cncc(N2COc3ccncc3C2)c1. The van der Waals surface area contributed by atoms with Crippen molar-refractivity contribution in [1.82, 2.24) is 79.7 Å². The van der Waals surface area contributed by atoms with Gasteiger partial charge in [0.1, 0.15) is 45.9 Å². The molecule has 112 heavy (non-hydrogen) atoms. The fraction of sp³-hybridized carbons (Fsp3) is 0.171. The number of hydrogen-bond donors (Lipinski definition) is 0. The Morgan fingerprint density at radius 2 is 0.491 bits per heavy atom. The van der Waals surface area contributed by atoms with Gasteiger partial charge in [0, 0.05) is 187 Å². The third-order valence-electron chi connectivity index (χ3n) is 17.9. The van der Waals surface area contributed by atoms with Crippen LogP contribution in [-0.2, 0) is 45.8 Å². The van der Waals surface area contributed by atoms with Crippen LogP contribution in [0.4, 0.5) is 40.3 Å². The maximum Gasteiger partial charge on any atom is 0.228 e. The number of nitrogens with zero attached hydrogens (tertiary/aromatic N) is 23. The van der Waals surface area contributed by atoms with Gasteiger partial charge in [-0.2, -0.15) is 0 Å². The van der Waals surface area contributed by atoms with E-state index in [9.17, 15) is 0 Å². The number of rotatable bonds is 7. The third-order valence-corrected chi connectivity index (χ3v) is 17.9. The molecule has 7 aliphatic heterocycles. The van der Waals surface area contributed by atoms with Crippen LogP contribution in [0.15, 0.2) is 288 Å². The van der Waals surface area contributed by atoms with Gasteiger partial charge in [0.15, 0.2) is 47.1 Å². The molecule has 0 saturated carbocycles. The van der Waals surface area contributed by atoms with E-state index in [0.29, 0.717) is 65.6 Å². The Hall–Kier alpha value is -14.8. The zero-order valence-electron chi connectivity index (χ0n) is 60.7. The summed E-state index contributed by atoms with van der Waals surface area (Å²) in [5, 5.41) is 0. The van der Waals surface area contributed by atoms with Gasteiger partial charge >= 0.3 is 0 Å². The number of hydrogen-bond acceptors (Lipinski definition) is 30. The van der Waals surface area contributed by atoms with Crippen molar-refractivity contribution in [2.45, 2.75) is 45.8 Å². The van der Waals surface area contributed by atoms with Crippen LogP contribution < -0.4 is 67.5 Å². The van der Waals surface area contributed by atoms with E-state index in [2.05, 4.69) is 104 Å². The molecule has 0 radical (unpaired) electrons. The van der Waals surface area contributed by atoms with Crippen LogP contribution in [0.3, 0.4) is 0 Å². The molecule has 0 atom stereocenters. The zero-order chi connectivity index (χ0) is 75.6. The summed E-state index contributed by atoms with van der Waals surface area (Å²) in [4.78, 5) is 80.7. The lowest BCUT2D eigenvalue weighted by atomic mass is 10.2. The molecule has 560 valence electrons. The Kier molecular flexibility index (Phi) is 24.1. The summed E-state index contributed by atoms with van der Waals surface area (Å²) >= 11 is 0. The molecule has 21 heterocycles. The Balaban J connectivity index is 0.000000103. The van der Waals surface area contributed by atoms with Gasteiger partial charge in [-0.15, -0.1) is 0 Å². The number of ether oxygens (including phenoxy) is 7. The quantitative estimate of drug-likeness (QED) is 0.143. The minimum Gasteiger partial charge on any atom is -0.473 e. The lowest BCUT2D eigenvalue weighted by Gasteiger charge is -2.30. The van der Waals surface area contributed by atoms with Crippen molar-refractivity contribution < 1.29 is 33.2 Å². The monoisotopic (exact) mass is 1490 g/mol. The maximum atomic E-state index is 5.66. The highest BCUT2D eigenvalue weighted by Crippen LogP contribution is 2.33. The molecule has 0 bridgehead atoms. The molecule has 0 amide bonds. The molecule has 0 fully saturated rings. The molecule has 0 aliphatic carbocycles. The van der Waals surface area contributed by atoms with Crippen LogP contribution in [0.2, 0.25) is 0 Å². The van der Waals surface area contributed by atoms with Crippen molar-refractivity contribution in [3.05, 3.63) is 328 Å². The highest BCUT2D eigenvalue weighted by Gasteiger charge is 2.25. The summed E-state index contributed by atoms with van der Waals surface area (Å²) in [5.74, 6) is 7.49. The average molecular weight is 1490 g/mol. The molecule has 0 spiro atoms. The topological polar surface area (TPSA) is 294 Å². The standard InChI is InChI=1S/5C12H11N3O.2C11H10N4O/c1-4-13-5-2-11(1)15-8-10-7-14-6-3-12(10)16-9-15;1-2-12-11(14-5-1)8-15(9-16-12)10-3-6-13-7-4-10;1-2-10-8-15(9-16-12(10)14-5-1)11-3-6-13-7-4-11;2*1-2-11(7-13-4-1)15-8-10-6-14-5-3-12(10)16-9-15;1-3-13-11(14-4-1)15-7-9-6-12-5-2-10(9)16-8-15;1-3-10-9(12-4-1)7-15(8-16-10)11-13-5-2-6-14-11/h5*1-7H,8-9H2;2*1-6H,7-8H2. The number of pyridine rings is 12. The summed E-state index contributed by atoms with van der Waals surface area (Å²) in [5.41, 5.74) is 12.9. The predicted molar refractivity (Wildman–Crippen MR) is 417 cm³/mol. The number of anilines is 7. The average Bonchev–Trinajstić information content (AvgIpc) is 0.865. The van der Waals surface area contributed by atoms with Crippen molar-refractivity contribution in [2.75, 3.05) is 81.4 Å². The minimum absolute atomic E-state index is 0.461. The van der Waals surface area contributed by atoms with Crippen LogP contribution in [0.1, 0.15) is 39.2 Å². The first-order chi connectivity index (χ1) is 55.5. The summed E-state index contributed by atoms with van der Waals surface area (Å²) in [6.45, 7) is 9.19. The summed E-state index contributed by atoms with van der Waals surface area (Å²) < 4.78 is 39.3. The summed E-state index contributed by atoms with van der Waals surface area (Å²) in [7, 11) is 0. The molecule has 0 unspecified atom stereocenters. The van der Waals surface area contributed by atoms with Crippen LogP contribution >= 0.6 is 0 Å². The minimum atomic E-state index is 0.461. The van der Waals surface area contributed by atoms with Crippen molar-refractivity contribution in [3.63, 3.8) is 0 Å². The first-order valence-electron chi connectivity index (χ1n) is 35.7. The van der Waals surface area contributed by atoms with E-state index < -0.39 is 0 Å². The van der Waals surface area contributed by atoms with Crippen LogP contribution in [0.5, 0.6) is 40.4 Å². The van der Waals surface area contributed by atoms with E-state index in [1.54, 1.807) is 130 Å². The Labute approximate surface area is 645 Å². The molecular weight excluding hydrogens is 1420 g/mol. The number of fused-ring (bicyclic) bond motifs is 7. The van der Waals surface area contributed by atoms with Crippen LogP contribution in [0.25, 0.3) is 0 Å². The molecule has 0 aromatic carbocycles. The second-order valence-corrected chi connectivity index (χ2v) is 25.2. The van der Waals surface area contributed by atoms with E-state index in [4.69, 9.17) is 33.2 Å². The van der Waals surface area contributed by atoms with Gasteiger partial charge in [-0.1, -0.05) is 6.07 Å². The second-order valence-electron chi connectivity index (χ2n) is 25.2. The fourth-order valence-corrected chi connectivity index (χ4v) is 12.2. The molecule has 30 heteroatoms. The van der Waals surface area contributed by atoms with Crippen molar-refractivity contribution >= 4 is 40.3 Å². The summed E-state index contributed by atoms with van der Waals surface area (Å²) in [6, 6.07) is 42.5. The smallest absolute Gasteiger partial charge is 0.228 e. The van der Waals surface area contributed by atoms with Crippen LogP contribution in [0, 0.1) is 0 Å². The second kappa shape index (κ2) is 37.1. The molecule has 0 saturated heterocycles. The zero-order valence-corrected chi connectivity index (χ0v) is 60.7.